The zero-order valence-electron chi connectivity index (χ0n) is 17.1. The lowest BCUT2D eigenvalue weighted by Gasteiger charge is -2.17. The normalized spacial score (nSPS) is 13.2. The first-order valence-corrected chi connectivity index (χ1v) is 10.6. The van der Waals surface area contributed by atoms with E-state index < -0.39 is 23.9 Å². The number of nitrogens with one attached hydrogen (secondary N) is 1. The number of rotatable bonds is 7. The quantitative estimate of drug-likeness (QED) is 0.502. The van der Waals surface area contributed by atoms with Gasteiger partial charge in [-0.15, -0.1) is 0 Å². The molecule has 1 amide bonds. The summed E-state index contributed by atoms with van der Waals surface area (Å²) in [5, 5.41) is 12.1. The summed E-state index contributed by atoms with van der Waals surface area (Å²) in [4.78, 5) is 24.0. The van der Waals surface area contributed by atoms with Crippen LogP contribution in [0.3, 0.4) is 0 Å². The Morgan fingerprint density at radius 2 is 1.66 bits per heavy atom. The number of carbonyl (C=O) groups is 2. The van der Waals surface area contributed by atoms with Gasteiger partial charge in [-0.25, -0.2) is 14.0 Å². The second kappa shape index (κ2) is 9.40. The molecular formula is C25H21ClFNO4. The van der Waals surface area contributed by atoms with Crippen molar-refractivity contribution in [3.05, 3.63) is 94.3 Å². The minimum Gasteiger partial charge on any atom is -0.480 e. The maximum atomic E-state index is 13.5. The number of alkyl carbamates (subject to hydrolysis) is 1. The van der Waals surface area contributed by atoms with E-state index in [0.29, 0.717) is 5.56 Å². The van der Waals surface area contributed by atoms with Crippen molar-refractivity contribution in [3.63, 3.8) is 0 Å². The Morgan fingerprint density at radius 3 is 2.25 bits per heavy atom. The number of amides is 1. The molecule has 0 heterocycles. The molecule has 4 rings (SSSR count). The monoisotopic (exact) mass is 453 g/mol. The Balaban J connectivity index is 1.38. The van der Waals surface area contributed by atoms with Crippen LogP contribution in [0.4, 0.5) is 9.18 Å². The van der Waals surface area contributed by atoms with Gasteiger partial charge in [-0.3, -0.25) is 0 Å². The molecule has 0 aliphatic heterocycles. The van der Waals surface area contributed by atoms with Crippen LogP contribution in [-0.2, 0) is 16.0 Å². The van der Waals surface area contributed by atoms with Crippen LogP contribution in [0.15, 0.2) is 66.7 Å². The molecule has 1 aliphatic carbocycles. The zero-order chi connectivity index (χ0) is 22.7. The topological polar surface area (TPSA) is 75.6 Å². The van der Waals surface area contributed by atoms with Gasteiger partial charge >= 0.3 is 12.1 Å². The Bertz CT molecular complexity index is 1100. The number of benzene rings is 3. The summed E-state index contributed by atoms with van der Waals surface area (Å²) in [6.45, 7) is 0.0890. The first kappa shape index (κ1) is 21.8. The zero-order valence-corrected chi connectivity index (χ0v) is 17.8. The van der Waals surface area contributed by atoms with E-state index in [2.05, 4.69) is 5.32 Å². The Hall–Kier alpha value is -3.38. The lowest BCUT2D eigenvalue weighted by molar-refractivity contribution is -0.139. The number of aliphatic carboxylic acids is 1. The molecular weight excluding hydrogens is 433 g/mol. The molecule has 3 aromatic carbocycles. The summed E-state index contributed by atoms with van der Waals surface area (Å²) in [6.07, 6.45) is -0.506. The molecule has 3 aromatic rings. The molecule has 0 fully saturated rings. The average molecular weight is 454 g/mol. The molecule has 0 unspecified atom stereocenters. The molecule has 0 saturated heterocycles. The maximum Gasteiger partial charge on any atom is 0.407 e. The standard InChI is InChI=1S/C25H21ClFNO4/c26-16-11-15(12-17(27)13-16)9-10-23(24(29)30)28-25(31)32-14-22-20-7-3-1-5-18(20)19-6-2-4-8-21(19)22/h1-8,11-13,22-23H,9-10,14H2,(H,28,31)(H,29,30)/t23-/m0/s1. The van der Waals surface area contributed by atoms with E-state index >= 15 is 0 Å². The fraction of sp³-hybridized carbons (Fsp3) is 0.200. The number of hydrogen-bond acceptors (Lipinski definition) is 3. The molecule has 5 nitrogen and oxygen atoms in total. The van der Waals surface area contributed by atoms with Crippen molar-refractivity contribution in [1.29, 1.82) is 0 Å². The van der Waals surface area contributed by atoms with Gasteiger partial charge in [0, 0.05) is 10.9 Å². The van der Waals surface area contributed by atoms with Crippen molar-refractivity contribution in [2.45, 2.75) is 24.8 Å². The average Bonchev–Trinajstić information content (AvgIpc) is 3.08. The van der Waals surface area contributed by atoms with E-state index in [1.165, 1.54) is 12.1 Å². The summed E-state index contributed by atoms with van der Waals surface area (Å²) in [7, 11) is 0. The van der Waals surface area contributed by atoms with E-state index in [1.54, 1.807) is 6.07 Å². The lowest BCUT2D eigenvalue weighted by atomic mass is 9.98. The molecule has 32 heavy (non-hydrogen) atoms. The molecule has 7 heteroatoms. The van der Waals surface area contributed by atoms with Crippen molar-refractivity contribution in [2.75, 3.05) is 6.61 Å². The molecule has 1 aliphatic rings. The van der Waals surface area contributed by atoms with E-state index in [9.17, 15) is 19.1 Å². The number of carbonyl (C=O) groups excluding carboxylic acids is 1. The van der Waals surface area contributed by atoms with Gasteiger partial charge in [0.2, 0.25) is 0 Å². The molecule has 0 saturated carbocycles. The van der Waals surface area contributed by atoms with Crippen LogP contribution in [0.2, 0.25) is 5.02 Å². The van der Waals surface area contributed by atoms with Crippen LogP contribution in [-0.4, -0.2) is 29.8 Å². The Labute approximate surface area is 189 Å². The highest BCUT2D eigenvalue weighted by Gasteiger charge is 2.29. The number of carboxylic acids is 1. The number of halogens is 2. The van der Waals surface area contributed by atoms with E-state index in [-0.39, 0.29) is 30.4 Å². The van der Waals surface area contributed by atoms with Gasteiger partial charge in [0.05, 0.1) is 0 Å². The van der Waals surface area contributed by atoms with Crippen molar-refractivity contribution >= 4 is 23.7 Å². The number of hydrogen-bond donors (Lipinski definition) is 2. The van der Waals surface area contributed by atoms with Gasteiger partial charge in [0.25, 0.3) is 0 Å². The molecule has 164 valence electrons. The SMILES string of the molecule is O=C(N[C@@H](CCc1cc(F)cc(Cl)c1)C(=O)O)OCC1c2ccccc2-c2ccccc21. The van der Waals surface area contributed by atoms with Crippen LogP contribution in [0.25, 0.3) is 11.1 Å². The van der Waals surface area contributed by atoms with E-state index in [0.717, 1.165) is 22.3 Å². The minimum absolute atomic E-state index is 0.0688. The summed E-state index contributed by atoms with van der Waals surface area (Å²) in [5.41, 5.74) is 4.90. The number of carboxylic acid groups (broad SMARTS) is 1. The van der Waals surface area contributed by atoms with Crippen molar-refractivity contribution in [1.82, 2.24) is 5.32 Å². The molecule has 0 radical (unpaired) electrons. The highest BCUT2D eigenvalue weighted by atomic mass is 35.5. The van der Waals surface area contributed by atoms with E-state index in [1.807, 2.05) is 48.5 Å². The summed E-state index contributed by atoms with van der Waals surface area (Å²) in [5.74, 6) is -1.81. The van der Waals surface area contributed by atoms with Crippen molar-refractivity contribution in [3.8, 4) is 11.1 Å². The van der Waals surface area contributed by atoms with Crippen LogP contribution < -0.4 is 5.32 Å². The van der Waals surface area contributed by atoms with Crippen LogP contribution in [0.1, 0.15) is 29.0 Å². The predicted molar refractivity (Wildman–Crippen MR) is 119 cm³/mol. The highest BCUT2D eigenvalue weighted by Crippen LogP contribution is 2.44. The smallest absolute Gasteiger partial charge is 0.407 e. The summed E-state index contributed by atoms with van der Waals surface area (Å²) in [6, 6.07) is 18.8. The molecule has 2 N–H and O–H groups in total. The third-order valence-corrected chi connectivity index (χ3v) is 5.80. The fourth-order valence-corrected chi connectivity index (χ4v) is 4.35. The molecule has 0 bridgehead atoms. The first-order chi connectivity index (χ1) is 15.4. The van der Waals surface area contributed by atoms with Gasteiger partial charge in [0.15, 0.2) is 0 Å². The largest absolute Gasteiger partial charge is 0.480 e. The first-order valence-electron chi connectivity index (χ1n) is 10.2. The van der Waals surface area contributed by atoms with E-state index in [4.69, 9.17) is 16.3 Å². The molecule has 0 aromatic heterocycles. The third kappa shape index (κ3) is 4.75. The van der Waals surface area contributed by atoms with Gasteiger partial charge in [-0.05, 0) is 58.9 Å². The minimum atomic E-state index is -1.19. The maximum absolute atomic E-state index is 13.5. The second-order valence-electron chi connectivity index (χ2n) is 7.68. The number of ether oxygens (including phenoxy) is 1. The van der Waals surface area contributed by atoms with Crippen LogP contribution in [0, 0.1) is 5.82 Å². The fourth-order valence-electron chi connectivity index (χ4n) is 4.11. The van der Waals surface area contributed by atoms with Crippen LogP contribution in [0.5, 0.6) is 0 Å². The van der Waals surface area contributed by atoms with Gasteiger partial charge < -0.3 is 15.2 Å². The third-order valence-electron chi connectivity index (χ3n) is 5.58. The lowest BCUT2D eigenvalue weighted by Crippen LogP contribution is -2.41. The highest BCUT2D eigenvalue weighted by molar-refractivity contribution is 6.30. The summed E-state index contributed by atoms with van der Waals surface area (Å²) < 4.78 is 18.9. The predicted octanol–water partition coefficient (Wildman–Crippen LogP) is 5.40. The number of aryl methyl sites for hydroxylation is 1. The number of fused-ring (bicyclic) bond motifs is 3. The Morgan fingerprint density at radius 1 is 1.03 bits per heavy atom. The summed E-state index contributed by atoms with van der Waals surface area (Å²) >= 11 is 5.84. The van der Waals surface area contributed by atoms with Gasteiger partial charge in [-0.2, -0.15) is 0 Å². The van der Waals surface area contributed by atoms with Crippen LogP contribution >= 0.6 is 11.6 Å². The van der Waals surface area contributed by atoms with Gasteiger partial charge in [-0.1, -0.05) is 60.1 Å². The van der Waals surface area contributed by atoms with Crippen molar-refractivity contribution in [2.24, 2.45) is 0 Å². The Kier molecular flexibility index (Phi) is 6.42. The van der Waals surface area contributed by atoms with Gasteiger partial charge in [0.1, 0.15) is 18.5 Å². The molecule has 1 atom stereocenters. The van der Waals surface area contributed by atoms with Crippen molar-refractivity contribution < 1.29 is 23.8 Å². The molecule has 0 spiro atoms. The second-order valence-corrected chi connectivity index (χ2v) is 8.11.